The van der Waals surface area contributed by atoms with Crippen molar-refractivity contribution >= 4 is 18.6 Å². The van der Waals surface area contributed by atoms with E-state index in [1.54, 1.807) is 12.1 Å². The van der Waals surface area contributed by atoms with Gasteiger partial charge in [0.15, 0.2) is 0 Å². The number of benzene rings is 1. The van der Waals surface area contributed by atoms with Gasteiger partial charge in [-0.25, -0.2) is 0 Å². The van der Waals surface area contributed by atoms with E-state index in [9.17, 15) is 0 Å². The van der Waals surface area contributed by atoms with Crippen LogP contribution in [0.15, 0.2) is 24.3 Å². The number of amidine groups is 1. The molecule has 1 aliphatic rings. The third-order valence-corrected chi connectivity index (χ3v) is 3.89. The highest BCUT2D eigenvalue weighted by molar-refractivity contribution is 6.58. The predicted molar refractivity (Wildman–Crippen MR) is 88.4 cm³/mol. The van der Waals surface area contributed by atoms with E-state index in [1.807, 2.05) is 37.8 Å². The average Bonchev–Trinajstić information content (AvgIpc) is 2.46. The van der Waals surface area contributed by atoms with E-state index in [4.69, 9.17) is 20.2 Å². The van der Waals surface area contributed by atoms with Crippen LogP contribution in [0.3, 0.4) is 0 Å². The van der Waals surface area contributed by atoms with Gasteiger partial charge >= 0.3 is 7.12 Å². The average molecular weight is 304 g/mol. The SMILES string of the molecule is CC(C)(C)OC(=N)N1CCC(c2ccc(B(O)O)cc2)CC1. The Morgan fingerprint density at radius 3 is 2.18 bits per heavy atom. The van der Waals surface area contributed by atoms with Crippen molar-refractivity contribution in [2.75, 3.05) is 13.1 Å². The van der Waals surface area contributed by atoms with Crippen molar-refractivity contribution < 1.29 is 14.8 Å². The second-order valence-corrected chi connectivity index (χ2v) is 6.82. The van der Waals surface area contributed by atoms with Gasteiger partial charge in [-0.2, -0.15) is 0 Å². The van der Waals surface area contributed by atoms with Crippen molar-refractivity contribution in [1.29, 1.82) is 5.41 Å². The van der Waals surface area contributed by atoms with Crippen molar-refractivity contribution in [3.05, 3.63) is 29.8 Å². The molecule has 1 aromatic rings. The molecule has 0 aromatic heterocycles. The first kappa shape index (κ1) is 16.8. The number of rotatable bonds is 2. The van der Waals surface area contributed by atoms with Crippen molar-refractivity contribution in [1.82, 2.24) is 4.90 Å². The van der Waals surface area contributed by atoms with Crippen molar-refractivity contribution in [2.45, 2.75) is 45.1 Å². The fraction of sp³-hybridized carbons (Fsp3) is 0.562. The fourth-order valence-corrected chi connectivity index (χ4v) is 2.71. The molecule has 1 aliphatic heterocycles. The fourth-order valence-electron chi connectivity index (χ4n) is 2.71. The maximum absolute atomic E-state index is 9.12. The molecule has 0 aliphatic carbocycles. The number of ether oxygens (including phenoxy) is 1. The van der Waals surface area contributed by atoms with Gasteiger partial charge in [0, 0.05) is 13.1 Å². The van der Waals surface area contributed by atoms with Crippen LogP contribution in [0.5, 0.6) is 0 Å². The molecule has 2 rings (SSSR count). The molecular formula is C16H25BN2O3. The van der Waals surface area contributed by atoms with Gasteiger partial charge in [-0.3, -0.25) is 5.41 Å². The summed E-state index contributed by atoms with van der Waals surface area (Å²) in [4.78, 5) is 1.98. The number of likely N-dealkylation sites (tertiary alicyclic amines) is 1. The maximum atomic E-state index is 9.12. The van der Waals surface area contributed by atoms with Crippen molar-refractivity contribution in [3.8, 4) is 0 Å². The van der Waals surface area contributed by atoms with Gasteiger partial charge in [-0.05, 0) is 50.6 Å². The summed E-state index contributed by atoms with van der Waals surface area (Å²) < 4.78 is 5.61. The summed E-state index contributed by atoms with van der Waals surface area (Å²) in [6.45, 7) is 7.47. The summed E-state index contributed by atoms with van der Waals surface area (Å²) in [5.41, 5.74) is 1.39. The number of nitrogens with one attached hydrogen (secondary N) is 1. The van der Waals surface area contributed by atoms with E-state index in [-0.39, 0.29) is 11.6 Å². The zero-order valence-electron chi connectivity index (χ0n) is 13.5. The van der Waals surface area contributed by atoms with Crippen LogP contribution in [-0.4, -0.2) is 46.8 Å². The highest BCUT2D eigenvalue weighted by Crippen LogP contribution is 2.28. The Kier molecular flexibility index (Phi) is 5.14. The molecule has 0 atom stereocenters. The summed E-state index contributed by atoms with van der Waals surface area (Å²) >= 11 is 0. The Bertz CT molecular complexity index is 503. The molecule has 0 unspecified atom stereocenters. The highest BCUT2D eigenvalue weighted by atomic mass is 16.5. The van der Waals surface area contributed by atoms with E-state index in [1.165, 1.54) is 5.56 Å². The minimum Gasteiger partial charge on any atom is -0.460 e. The summed E-state index contributed by atoms with van der Waals surface area (Å²) in [6, 6.07) is 7.71. The highest BCUT2D eigenvalue weighted by Gasteiger charge is 2.25. The van der Waals surface area contributed by atoms with Crippen molar-refractivity contribution in [3.63, 3.8) is 0 Å². The molecule has 0 bridgehead atoms. The van der Waals surface area contributed by atoms with Gasteiger partial charge in [-0.1, -0.05) is 24.3 Å². The maximum Gasteiger partial charge on any atom is 0.488 e. The Labute approximate surface area is 132 Å². The van der Waals surface area contributed by atoms with Crippen LogP contribution < -0.4 is 5.46 Å². The van der Waals surface area contributed by atoms with E-state index in [0.717, 1.165) is 25.9 Å². The second kappa shape index (κ2) is 6.71. The largest absolute Gasteiger partial charge is 0.488 e. The number of piperidine rings is 1. The molecule has 0 spiro atoms. The van der Waals surface area contributed by atoms with E-state index in [2.05, 4.69) is 0 Å². The summed E-state index contributed by atoms with van der Waals surface area (Å²) in [6.07, 6.45) is 1.94. The molecule has 1 fully saturated rings. The zero-order valence-corrected chi connectivity index (χ0v) is 13.5. The summed E-state index contributed by atoms with van der Waals surface area (Å²) in [7, 11) is -1.41. The molecule has 120 valence electrons. The Morgan fingerprint density at radius 1 is 1.18 bits per heavy atom. The summed E-state index contributed by atoms with van der Waals surface area (Å²) in [5, 5.41) is 26.3. The molecule has 0 saturated carbocycles. The number of hydrogen-bond acceptors (Lipinski definition) is 4. The van der Waals surface area contributed by atoms with Crippen LogP contribution in [-0.2, 0) is 4.74 Å². The molecule has 1 aromatic carbocycles. The number of hydrogen-bond donors (Lipinski definition) is 3. The molecule has 1 heterocycles. The lowest BCUT2D eigenvalue weighted by Crippen LogP contribution is -2.41. The zero-order chi connectivity index (χ0) is 16.3. The van der Waals surface area contributed by atoms with Gasteiger partial charge in [-0.15, -0.1) is 0 Å². The Morgan fingerprint density at radius 2 is 1.73 bits per heavy atom. The molecule has 3 N–H and O–H groups in total. The van der Waals surface area contributed by atoms with Crippen LogP contribution in [0, 0.1) is 5.41 Å². The van der Waals surface area contributed by atoms with Gasteiger partial charge < -0.3 is 19.7 Å². The standard InChI is InChI=1S/C16H25BN2O3/c1-16(2,3)22-15(18)19-10-8-13(9-11-19)12-4-6-14(7-5-12)17(20)21/h4-7,13,18,20-21H,8-11H2,1-3H3. The molecule has 22 heavy (non-hydrogen) atoms. The smallest absolute Gasteiger partial charge is 0.460 e. The summed E-state index contributed by atoms with van der Waals surface area (Å²) in [5.74, 6) is 0.448. The lowest BCUT2D eigenvalue weighted by atomic mass is 9.78. The molecule has 1 saturated heterocycles. The monoisotopic (exact) mass is 304 g/mol. The number of nitrogens with zero attached hydrogens (tertiary/aromatic N) is 1. The van der Waals surface area contributed by atoms with Crippen molar-refractivity contribution in [2.24, 2.45) is 0 Å². The van der Waals surface area contributed by atoms with Crippen LogP contribution in [0.2, 0.25) is 0 Å². The normalized spacial score (nSPS) is 16.5. The van der Waals surface area contributed by atoms with E-state index >= 15 is 0 Å². The molecule has 6 heteroatoms. The second-order valence-electron chi connectivity index (χ2n) is 6.82. The lowest BCUT2D eigenvalue weighted by Gasteiger charge is -2.35. The first-order chi connectivity index (χ1) is 10.3. The van der Waals surface area contributed by atoms with E-state index < -0.39 is 7.12 Å². The minimum absolute atomic E-state index is 0.254. The molecule has 0 amide bonds. The third kappa shape index (κ3) is 4.48. The molecule has 5 nitrogen and oxygen atoms in total. The molecule has 0 radical (unpaired) electrons. The van der Waals surface area contributed by atoms with Crippen LogP contribution >= 0.6 is 0 Å². The first-order valence-electron chi connectivity index (χ1n) is 7.75. The molecular weight excluding hydrogens is 279 g/mol. The van der Waals surface area contributed by atoms with Gasteiger partial charge in [0.05, 0.1) is 0 Å². The topological polar surface area (TPSA) is 76.8 Å². The third-order valence-electron chi connectivity index (χ3n) is 3.89. The van der Waals surface area contributed by atoms with Crippen LogP contribution in [0.4, 0.5) is 0 Å². The quantitative estimate of drug-likeness (QED) is 0.437. The van der Waals surface area contributed by atoms with Crippen LogP contribution in [0.1, 0.15) is 45.1 Å². The van der Waals surface area contributed by atoms with Gasteiger partial charge in [0.25, 0.3) is 6.02 Å². The lowest BCUT2D eigenvalue weighted by molar-refractivity contribution is 0.0795. The Hall–Kier alpha value is -1.53. The Balaban J connectivity index is 1.90. The van der Waals surface area contributed by atoms with Gasteiger partial charge in [0.1, 0.15) is 5.60 Å². The van der Waals surface area contributed by atoms with E-state index in [0.29, 0.717) is 11.4 Å². The first-order valence-corrected chi connectivity index (χ1v) is 7.75. The predicted octanol–water partition coefficient (Wildman–Crippen LogP) is 1.30. The van der Waals surface area contributed by atoms with Crippen LogP contribution in [0.25, 0.3) is 0 Å². The van der Waals surface area contributed by atoms with Gasteiger partial charge in [0.2, 0.25) is 0 Å². The minimum atomic E-state index is -1.41.